The Labute approximate surface area is 200 Å². The van der Waals surface area contributed by atoms with Crippen LogP contribution >= 0.6 is 11.6 Å². The topological polar surface area (TPSA) is 117 Å². The van der Waals surface area contributed by atoms with E-state index in [1.165, 1.54) is 18.5 Å². The maximum atomic E-state index is 13.5. The SMILES string of the molecule is O=C(NC1CCC(Nc2ncc3ncnc(Nc4ccc(F)c(Cl)c4)c3n2)C1)N1CCOCC1. The van der Waals surface area contributed by atoms with Crippen LogP contribution in [0.1, 0.15) is 19.3 Å². The van der Waals surface area contributed by atoms with Gasteiger partial charge in [-0.25, -0.2) is 29.1 Å². The lowest BCUT2D eigenvalue weighted by Crippen LogP contribution is -2.48. The third kappa shape index (κ3) is 5.10. The van der Waals surface area contributed by atoms with Crippen LogP contribution in [0.4, 0.5) is 26.6 Å². The Hall–Kier alpha value is -3.31. The van der Waals surface area contributed by atoms with E-state index in [9.17, 15) is 9.18 Å². The number of hydrogen-bond acceptors (Lipinski definition) is 8. The lowest BCUT2D eigenvalue weighted by Gasteiger charge is -2.28. The maximum Gasteiger partial charge on any atom is 0.317 e. The van der Waals surface area contributed by atoms with Crippen LogP contribution in [0.3, 0.4) is 0 Å². The molecule has 10 nitrogen and oxygen atoms in total. The molecule has 0 radical (unpaired) electrons. The van der Waals surface area contributed by atoms with E-state index in [-0.39, 0.29) is 23.1 Å². The summed E-state index contributed by atoms with van der Waals surface area (Å²) in [7, 11) is 0. The molecule has 34 heavy (non-hydrogen) atoms. The Balaban J connectivity index is 1.25. The molecule has 2 unspecified atom stereocenters. The maximum absolute atomic E-state index is 13.5. The minimum absolute atomic E-state index is 0.0110. The summed E-state index contributed by atoms with van der Waals surface area (Å²) in [6.07, 6.45) is 5.58. The molecule has 1 saturated carbocycles. The highest BCUT2D eigenvalue weighted by molar-refractivity contribution is 6.31. The first-order valence-corrected chi connectivity index (χ1v) is 11.5. The second-order valence-corrected chi connectivity index (χ2v) is 8.71. The van der Waals surface area contributed by atoms with Crippen LogP contribution in [0.5, 0.6) is 0 Å². The molecule has 1 saturated heterocycles. The second-order valence-electron chi connectivity index (χ2n) is 8.30. The first-order chi connectivity index (χ1) is 16.5. The fourth-order valence-corrected chi connectivity index (χ4v) is 4.36. The number of amides is 2. The quantitative estimate of drug-likeness (QED) is 0.502. The van der Waals surface area contributed by atoms with Crippen LogP contribution in [-0.2, 0) is 4.74 Å². The number of benzene rings is 1. The number of carbonyl (C=O) groups excluding carboxylic acids is 1. The van der Waals surface area contributed by atoms with E-state index >= 15 is 0 Å². The number of nitrogens with one attached hydrogen (secondary N) is 3. The number of morpholine rings is 1. The van der Waals surface area contributed by atoms with Crippen LogP contribution in [0.2, 0.25) is 5.02 Å². The molecular formula is C22H24ClFN8O2. The van der Waals surface area contributed by atoms with E-state index < -0.39 is 5.82 Å². The molecule has 2 aromatic heterocycles. The van der Waals surface area contributed by atoms with Gasteiger partial charge < -0.3 is 25.6 Å². The van der Waals surface area contributed by atoms with Crippen molar-refractivity contribution in [2.45, 2.75) is 31.3 Å². The van der Waals surface area contributed by atoms with Crippen molar-refractivity contribution < 1.29 is 13.9 Å². The largest absolute Gasteiger partial charge is 0.378 e. The van der Waals surface area contributed by atoms with Gasteiger partial charge in [-0.2, -0.15) is 0 Å². The van der Waals surface area contributed by atoms with Gasteiger partial charge in [-0.05, 0) is 37.5 Å². The monoisotopic (exact) mass is 486 g/mol. The van der Waals surface area contributed by atoms with E-state index in [1.807, 2.05) is 0 Å². The van der Waals surface area contributed by atoms with E-state index in [4.69, 9.17) is 16.3 Å². The van der Waals surface area contributed by atoms with Gasteiger partial charge in [0, 0.05) is 30.9 Å². The van der Waals surface area contributed by atoms with E-state index in [1.54, 1.807) is 17.2 Å². The first-order valence-electron chi connectivity index (χ1n) is 11.1. The van der Waals surface area contributed by atoms with Crippen LogP contribution < -0.4 is 16.0 Å². The van der Waals surface area contributed by atoms with Crippen molar-refractivity contribution in [2.24, 2.45) is 0 Å². The van der Waals surface area contributed by atoms with Crippen molar-refractivity contribution in [3.05, 3.63) is 41.6 Å². The highest BCUT2D eigenvalue weighted by Crippen LogP contribution is 2.26. The zero-order chi connectivity index (χ0) is 23.5. The number of ether oxygens (including phenoxy) is 1. The Bertz CT molecular complexity index is 1190. The molecule has 2 fully saturated rings. The number of rotatable bonds is 5. The molecule has 178 valence electrons. The van der Waals surface area contributed by atoms with Crippen molar-refractivity contribution in [1.82, 2.24) is 30.2 Å². The Morgan fingerprint density at radius 2 is 1.97 bits per heavy atom. The van der Waals surface area contributed by atoms with Gasteiger partial charge in [0.1, 0.15) is 23.2 Å². The van der Waals surface area contributed by atoms with Crippen LogP contribution in [0.25, 0.3) is 11.0 Å². The Morgan fingerprint density at radius 1 is 1.15 bits per heavy atom. The van der Waals surface area contributed by atoms with Crippen LogP contribution in [-0.4, -0.2) is 69.3 Å². The minimum Gasteiger partial charge on any atom is -0.378 e. The average Bonchev–Trinajstić information content (AvgIpc) is 3.29. The number of nitrogens with zero attached hydrogens (tertiary/aromatic N) is 5. The summed E-state index contributed by atoms with van der Waals surface area (Å²) in [4.78, 5) is 31.7. The number of fused-ring (bicyclic) bond motifs is 1. The predicted molar refractivity (Wildman–Crippen MR) is 126 cm³/mol. The molecule has 2 amide bonds. The van der Waals surface area contributed by atoms with Gasteiger partial charge in [0.05, 0.1) is 24.4 Å². The summed E-state index contributed by atoms with van der Waals surface area (Å²) in [5.74, 6) is 0.414. The van der Waals surface area contributed by atoms with Crippen molar-refractivity contribution in [2.75, 3.05) is 36.9 Å². The number of hydrogen-bond donors (Lipinski definition) is 3. The summed E-state index contributed by atoms with van der Waals surface area (Å²) in [5.41, 5.74) is 1.67. The lowest BCUT2D eigenvalue weighted by molar-refractivity contribution is 0.0525. The Kier molecular flexibility index (Phi) is 6.54. The van der Waals surface area contributed by atoms with Gasteiger partial charge in [0.15, 0.2) is 5.82 Å². The summed E-state index contributed by atoms with van der Waals surface area (Å²) in [5, 5.41) is 9.61. The smallest absolute Gasteiger partial charge is 0.317 e. The fourth-order valence-electron chi connectivity index (χ4n) is 4.18. The van der Waals surface area contributed by atoms with E-state index in [2.05, 4.69) is 35.9 Å². The molecule has 2 atom stereocenters. The molecule has 1 aliphatic carbocycles. The average molecular weight is 487 g/mol. The van der Waals surface area contributed by atoms with Crippen molar-refractivity contribution in [3.8, 4) is 0 Å². The van der Waals surface area contributed by atoms with Crippen LogP contribution in [0, 0.1) is 5.82 Å². The second kappa shape index (κ2) is 9.90. The van der Waals surface area contributed by atoms with Gasteiger partial charge in [-0.15, -0.1) is 0 Å². The molecular weight excluding hydrogens is 463 g/mol. The molecule has 2 aliphatic rings. The summed E-state index contributed by atoms with van der Waals surface area (Å²) < 4.78 is 18.8. The molecule has 3 heterocycles. The summed E-state index contributed by atoms with van der Waals surface area (Å²) in [6.45, 7) is 2.40. The molecule has 5 rings (SSSR count). The molecule has 3 N–H and O–H groups in total. The first kappa shape index (κ1) is 22.5. The molecule has 0 spiro atoms. The number of aromatic nitrogens is 4. The van der Waals surface area contributed by atoms with E-state index in [0.29, 0.717) is 54.8 Å². The molecule has 0 bridgehead atoms. The summed E-state index contributed by atoms with van der Waals surface area (Å²) in [6, 6.07) is 4.52. The van der Waals surface area contributed by atoms with Crippen molar-refractivity contribution in [1.29, 1.82) is 0 Å². The van der Waals surface area contributed by atoms with Crippen molar-refractivity contribution in [3.63, 3.8) is 0 Å². The van der Waals surface area contributed by atoms with Gasteiger partial charge in [-0.3, -0.25) is 0 Å². The number of anilines is 3. The molecule has 12 heteroatoms. The molecule has 3 aromatic rings. The minimum atomic E-state index is -0.496. The summed E-state index contributed by atoms with van der Waals surface area (Å²) >= 11 is 5.89. The molecule has 1 aliphatic heterocycles. The standard InChI is InChI=1S/C22H24ClFN8O2/c23-16-10-15(3-4-17(16)24)28-20-19-18(26-12-27-20)11-25-21(31-19)29-13-1-2-14(9-13)30-22(33)32-5-7-34-8-6-32/h3-4,10-14H,1-2,5-9H2,(H,30,33)(H,25,29,31)(H,26,27,28). The van der Waals surface area contributed by atoms with Crippen LogP contribution in [0.15, 0.2) is 30.7 Å². The highest BCUT2D eigenvalue weighted by atomic mass is 35.5. The predicted octanol–water partition coefficient (Wildman–Crippen LogP) is 3.33. The van der Waals surface area contributed by atoms with Gasteiger partial charge in [0.25, 0.3) is 0 Å². The lowest BCUT2D eigenvalue weighted by atomic mass is 10.2. The van der Waals surface area contributed by atoms with E-state index in [0.717, 1.165) is 19.3 Å². The number of urea groups is 1. The fraction of sp³-hybridized carbons (Fsp3) is 0.409. The zero-order valence-electron chi connectivity index (χ0n) is 18.3. The Morgan fingerprint density at radius 3 is 2.79 bits per heavy atom. The highest BCUT2D eigenvalue weighted by Gasteiger charge is 2.28. The number of carbonyl (C=O) groups is 1. The van der Waals surface area contributed by atoms with Gasteiger partial charge in [-0.1, -0.05) is 11.6 Å². The third-order valence-corrected chi connectivity index (χ3v) is 6.24. The van der Waals surface area contributed by atoms with Gasteiger partial charge in [0.2, 0.25) is 5.95 Å². The number of halogens is 2. The normalized spacial score (nSPS) is 20.4. The van der Waals surface area contributed by atoms with Gasteiger partial charge >= 0.3 is 6.03 Å². The zero-order valence-corrected chi connectivity index (χ0v) is 19.1. The molecule has 1 aromatic carbocycles. The third-order valence-electron chi connectivity index (χ3n) is 5.95. The van der Waals surface area contributed by atoms with Crippen molar-refractivity contribution >= 4 is 46.1 Å².